The Morgan fingerprint density at radius 1 is 1.29 bits per heavy atom. The quantitative estimate of drug-likeness (QED) is 0.730. The molecule has 1 amide bonds. The highest BCUT2D eigenvalue weighted by atomic mass is 16.5. The molecule has 0 spiro atoms. The normalized spacial score (nSPS) is 11.7. The molecule has 0 saturated heterocycles. The highest BCUT2D eigenvalue weighted by Gasteiger charge is 2.14. The van der Waals surface area contributed by atoms with Gasteiger partial charge in [-0.1, -0.05) is 6.07 Å². The van der Waals surface area contributed by atoms with Gasteiger partial charge in [0, 0.05) is 18.9 Å². The molecule has 122 valence electrons. The first-order chi connectivity index (χ1) is 11.7. The molecular formula is C16H16N6O2. The number of carbonyl (C=O) groups is 1. The summed E-state index contributed by atoms with van der Waals surface area (Å²) in [6, 6.07) is 10.9. The van der Waals surface area contributed by atoms with Crippen LogP contribution in [0.5, 0.6) is 5.75 Å². The number of pyridine rings is 1. The maximum absolute atomic E-state index is 12.1. The fraction of sp³-hybridized carbons (Fsp3) is 0.188. The molecule has 1 N–H and O–H groups in total. The molecule has 1 aromatic carbocycles. The van der Waals surface area contributed by atoms with Crippen molar-refractivity contribution in [3.8, 4) is 11.4 Å². The Kier molecular flexibility index (Phi) is 4.76. The largest absolute Gasteiger partial charge is 0.481 e. The highest BCUT2D eigenvalue weighted by Crippen LogP contribution is 2.15. The van der Waals surface area contributed by atoms with E-state index in [2.05, 4.69) is 25.8 Å². The smallest absolute Gasteiger partial charge is 0.261 e. The number of nitrogens with zero attached hydrogens (tertiary/aromatic N) is 5. The van der Waals surface area contributed by atoms with Crippen LogP contribution in [-0.4, -0.2) is 37.2 Å². The zero-order chi connectivity index (χ0) is 16.8. The average Bonchev–Trinajstić information content (AvgIpc) is 3.16. The van der Waals surface area contributed by atoms with Crippen LogP contribution in [0.25, 0.3) is 5.69 Å². The lowest BCUT2D eigenvalue weighted by molar-refractivity contribution is -0.127. The number of hydrogen-bond donors (Lipinski definition) is 1. The highest BCUT2D eigenvalue weighted by molar-refractivity contribution is 5.80. The van der Waals surface area contributed by atoms with Crippen LogP contribution < -0.4 is 10.1 Å². The summed E-state index contributed by atoms with van der Waals surface area (Å²) < 4.78 is 7.18. The van der Waals surface area contributed by atoms with Crippen LogP contribution in [0.15, 0.2) is 55.1 Å². The molecule has 0 saturated carbocycles. The van der Waals surface area contributed by atoms with E-state index >= 15 is 0 Å². The molecule has 0 aliphatic heterocycles. The number of amides is 1. The van der Waals surface area contributed by atoms with Crippen molar-refractivity contribution in [1.82, 2.24) is 30.5 Å². The van der Waals surface area contributed by atoms with Gasteiger partial charge >= 0.3 is 0 Å². The van der Waals surface area contributed by atoms with Gasteiger partial charge in [-0.25, -0.2) is 4.68 Å². The summed E-state index contributed by atoms with van der Waals surface area (Å²) in [5.41, 5.74) is 1.74. The van der Waals surface area contributed by atoms with Gasteiger partial charge in [0.25, 0.3) is 5.91 Å². The predicted octanol–water partition coefficient (Wildman–Crippen LogP) is 1.14. The van der Waals surface area contributed by atoms with Gasteiger partial charge in [-0.3, -0.25) is 9.78 Å². The zero-order valence-electron chi connectivity index (χ0n) is 13.0. The second kappa shape index (κ2) is 7.32. The molecule has 0 aliphatic carbocycles. The Morgan fingerprint density at radius 3 is 2.79 bits per heavy atom. The van der Waals surface area contributed by atoms with Crippen molar-refractivity contribution in [3.05, 3.63) is 60.7 Å². The summed E-state index contributed by atoms with van der Waals surface area (Å²) in [6.45, 7) is 2.12. The van der Waals surface area contributed by atoms with Gasteiger partial charge in [-0.05, 0) is 53.2 Å². The molecule has 0 bridgehead atoms. The Labute approximate surface area is 138 Å². The first kappa shape index (κ1) is 15.6. The Morgan fingerprint density at radius 2 is 2.12 bits per heavy atom. The summed E-state index contributed by atoms with van der Waals surface area (Å²) in [5, 5.41) is 13.8. The van der Waals surface area contributed by atoms with E-state index in [0.717, 1.165) is 11.3 Å². The predicted molar refractivity (Wildman–Crippen MR) is 85.3 cm³/mol. The van der Waals surface area contributed by atoms with Crippen LogP contribution in [0, 0.1) is 0 Å². The van der Waals surface area contributed by atoms with Crippen molar-refractivity contribution in [2.24, 2.45) is 0 Å². The third-order valence-corrected chi connectivity index (χ3v) is 3.32. The molecule has 3 rings (SSSR count). The van der Waals surface area contributed by atoms with E-state index in [0.29, 0.717) is 12.3 Å². The number of tetrazole rings is 1. The fourth-order valence-corrected chi connectivity index (χ4v) is 2.05. The van der Waals surface area contributed by atoms with E-state index in [1.807, 2.05) is 24.3 Å². The Hall–Kier alpha value is -3.29. The molecule has 0 fully saturated rings. The van der Waals surface area contributed by atoms with Crippen molar-refractivity contribution in [1.29, 1.82) is 0 Å². The topological polar surface area (TPSA) is 94.8 Å². The van der Waals surface area contributed by atoms with Crippen LogP contribution in [0.3, 0.4) is 0 Å². The van der Waals surface area contributed by atoms with Gasteiger partial charge in [0.05, 0.1) is 5.69 Å². The first-order valence-electron chi connectivity index (χ1n) is 7.39. The van der Waals surface area contributed by atoms with Crippen LogP contribution in [0.1, 0.15) is 12.5 Å². The standard InChI is InChI=1S/C16H16N6O2/c1-12(16(23)18-10-13-3-2-8-17-9-13)24-15-6-4-14(5-7-15)22-11-19-20-21-22/h2-9,11-12H,10H2,1H3,(H,18,23). The number of aromatic nitrogens is 5. The molecule has 24 heavy (non-hydrogen) atoms. The van der Waals surface area contributed by atoms with Gasteiger partial charge in [0.2, 0.25) is 0 Å². The third-order valence-electron chi connectivity index (χ3n) is 3.32. The molecule has 1 atom stereocenters. The average molecular weight is 324 g/mol. The van der Waals surface area contributed by atoms with Gasteiger partial charge in [-0.15, -0.1) is 5.10 Å². The van der Waals surface area contributed by atoms with Crippen LogP contribution >= 0.6 is 0 Å². The van der Waals surface area contributed by atoms with E-state index in [9.17, 15) is 4.79 Å². The van der Waals surface area contributed by atoms with Gasteiger partial charge in [0.1, 0.15) is 12.1 Å². The van der Waals surface area contributed by atoms with Crippen molar-refractivity contribution >= 4 is 5.91 Å². The summed E-state index contributed by atoms with van der Waals surface area (Å²) in [7, 11) is 0. The molecule has 3 aromatic rings. The molecule has 0 aliphatic rings. The van der Waals surface area contributed by atoms with E-state index in [4.69, 9.17) is 4.74 Å². The summed E-state index contributed by atoms with van der Waals surface area (Å²) in [6.07, 6.45) is 4.30. The number of nitrogens with one attached hydrogen (secondary N) is 1. The summed E-state index contributed by atoms with van der Waals surface area (Å²) >= 11 is 0. The number of ether oxygens (including phenoxy) is 1. The lowest BCUT2D eigenvalue weighted by Gasteiger charge is -2.15. The number of carbonyl (C=O) groups excluding carboxylic acids is 1. The SMILES string of the molecule is CC(Oc1ccc(-n2cnnn2)cc1)C(=O)NCc1cccnc1. The number of benzene rings is 1. The molecular weight excluding hydrogens is 308 g/mol. The first-order valence-corrected chi connectivity index (χ1v) is 7.39. The minimum atomic E-state index is -0.611. The number of rotatable bonds is 6. The van der Waals surface area contributed by atoms with Gasteiger partial charge in [-0.2, -0.15) is 0 Å². The molecule has 8 nitrogen and oxygen atoms in total. The van der Waals surface area contributed by atoms with E-state index < -0.39 is 6.10 Å². The summed E-state index contributed by atoms with van der Waals surface area (Å²) in [4.78, 5) is 16.1. The second-order valence-electron chi connectivity index (χ2n) is 5.09. The lowest BCUT2D eigenvalue weighted by Crippen LogP contribution is -2.35. The summed E-state index contributed by atoms with van der Waals surface area (Å²) in [5.74, 6) is 0.402. The molecule has 1 unspecified atom stereocenters. The van der Waals surface area contributed by atoms with Crippen LogP contribution in [-0.2, 0) is 11.3 Å². The van der Waals surface area contributed by atoms with Gasteiger partial charge < -0.3 is 10.1 Å². The third kappa shape index (κ3) is 3.92. The maximum atomic E-state index is 12.1. The van der Waals surface area contributed by atoms with Crippen molar-refractivity contribution in [3.63, 3.8) is 0 Å². The number of hydrogen-bond acceptors (Lipinski definition) is 6. The Bertz CT molecular complexity index is 774. The Balaban J connectivity index is 1.54. The van der Waals surface area contributed by atoms with Gasteiger partial charge in [0.15, 0.2) is 6.10 Å². The maximum Gasteiger partial charge on any atom is 0.261 e. The van der Waals surface area contributed by atoms with Crippen molar-refractivity contribution in [2.75, 3.05) is 0 Å². The minimum Gasteiger partial charge on any atom is -0.481 e. The van der Waals surface area contributed by atoms with Crippen molar-refractivity contribution in [2.45, 2.75) is 19.6 Å². The van der Waals surface area contributed by atoms with Crippen molar-refractivity contribution < 1.29 is 9.53 Å². The fourth-order valence-electron chi connectivity index (χ4n) is 2.05. The van der Waals surface area contributed by atoms with Crippen LogP contribution in [0.4, 0.5) is 0 Å². The van der Waals surface area contributed by atoms with E-state index in [1.165, 1.54) is 11.0 Å². The lowest BCUT2D eigenvalue weighted by atomic mass is 10.2. The molecule has 2 heterocycles. The van der Waals surface area contributed by atoms with Crippen LogP contribution in [0.2, 0.25) is 0 Å². The zero-order valence-corrected chi connectivity index (χ0v) is 13.0. The molecule has 8 heteroatoms. The van der Waals surface area contributed by atoms with E-state index in [-0.39, 0.29) is 5.91 Å². The monoisotopic (exact) mass is 324 g/mol. The molecule has 0 radical (unpaired) electrons. The van der Waals surface area contributed by atoms with E-state index in [1.54, 1.807) is 31.5 Å². The second-order valence-corrected chi connectivity index (χ2v) is 5.09. The molecule has 2 aromatic heterocycles. The minimum absolute atomic E-state index is 0.191.